The van der Waals surface area contributed by atoms with Crippen LogP contribution in [-0.2, 0) is 12.8 Å². The first-order chi connectivity index (χ1) is 13.5. The topological polar surface area (TPSA) is 64.1 Å². The Morgan fingerprint density at radius 3 is 2.39 bits per heavy atom. The summed E-state index contributed by atoms with van der Waals surface area (Å²) >= 11 is 1.84. The monoisotopic (exact) mass is 405 g/mol. The van der Waals surface area contributed by atoms with Crippen molar-refractivity contribution < 1.29 is 14.2 Å². The van der Waals surface area contributed by atoms with Crippen molar-refractivity contribution >= 4 is 17.3 Å². The molecule has 1 aromatic heterocycles. The highest BCUT2D eigenvalue weighted by Crippen LogP contribution is 2.39. The Hall–Kier alpha value is -2.41. The van der Waals surface area contributed by atoms with Gasteiger partial charge in [-0.05, 0) is 38.5 Å². The van der Waals surface area contributed by atoms with Gasteiger partial charge in [-0.1, -0.05) is 6.07 Å². The van der Waals surface area contributed by atoms with E-state index in [1.54, 1.807) is 28.4 Å². The number of ether oxygens (including phenoxy) is 3. The Balaban J connectivity index is 1.92. The van der Waals surface area contributed by atoms with E-state index in [1.807, 2.05) is 23.5 Å². The van der Waals surface area contributed by atoms with Crippen LogP contribution in [0.2, 0.25) is 0 Å². The van der Waals surface area contributed by atoms with Crippen LogP contribution < -0.4 is 24.8 Å². The summed E-state index contributed by atoms with van der Waals surface area (Å²) in [5, 5.41) is 6.82. The molecule has 1 unspecified atom stereocenters. The molecule has 1 atom stereocenters. The number of rotatable bonds is 9. The van der Waals surface area contributed by atoms with Gasteiger partial charge in [0.25, 0.3) is 0 Å². The molecule has 0 bridgehead atoms. The van der Waals surface area contributed by atoms with E-state index in [0.717, 1.165) is 30.9 Å². The lowest BCUT2D eigenvalue weighted by atomic mass is 10.1. The Morgan fingerprint density at radius 2 is 1.82 bits per heavy atom. The number of nitrogens with one attached hydrogen (secondary N) is 2. The van der Waals surface area contributed by atoms with Crippen molar-refractivity contribution in [3.05, 3.63) is 39.6 Å². The fourth-order valence-corrected chi connectivity index (χ4v) is 4.07. The van der Waals surface area contributed by atoms with E-state index in [1.165, 1.54) is 9.75 Å². The van der Waals surface area contributed by atoms with Crippen LogP contribution in [0.3, 0.4) is 0 Å². The van der Waals surface area contributed by atoms with Crippen LogP contribution in [0, 0.1) is 6.92 Å². The Bertz CT molecular complexity index is 789. The molecule has 28 heavy (non-hydrogen) atoms. The van der Waals surface area contributed by atoms with E-state index in [4.69, 9.17) is 14.2 Å². The summed E-state index contributed by atoms with van der Waals surface area (Å²) in [6, 6.07) is 8.54. The molecule has 0 saturated carbocycles. The van der Waals surface area contributed by atoms with Gasteiger partial charge in [-0.15, -0.1) is 11.3 Å². The molecule has 0 aliphatic carbocycles. The number of thiophene rings is 1. The molecule has 7 heteroatoms. The summed E-state index contributed by atoms with van der Waals surface area (Å²) < 4.78 is 16.3. The van der Waals surface area contributed by atoms with Gasteiger partial charge in [0, 0.05) is 41.4 Å². The summed E-state index contributed by atoms with van der Waals surface area (Å²) in [5.74, 6) is 2.77. The number of guanidine groups is 1. The Kier molecular flexibility index (Phi) is 8.44. The summed E-state index contributed by atoms with van der Waals surface area (Å²) in [6.07, 6.45) is 1.74. The fraction of sp³-hybridized carbons (Fsp3) is 0.476. The molecule has 0 aliphatic heterocycles. The minimum atomic E-state index is 0.292. The SMILES string of the molecule is CN=C(NCCc1ccc(OC)c(OC)c1OC)NC(C)Cc1ccc(C)s1. The molecule has 0 fully saturated rings. The molecular formula is C21H31N3O3S. The maximum atomic E-state index is 5.55. The largest absolute Gasteiger partial charge is 0.493 e. The predicted octanol–water partition coefficient (Wildman–Crippen LogP) is 3.42. The van der Waals surface area contributed by atoms with Gasteiger partial charge in [0.05, 0.1) is 21.3 Å². The average molecular weight is 406 g/mol. The van der Waals surface area contributed by atoms with Crippen LogP contribution in [0.1, 0.15) is 22.2 Å². The zero-order valence-electron chi connectivity index (χ0n) is 17.6. The second kappa shape index (κ2) is 10.8. The van der Waals surface area contributed by atoms with Gasteiger partial charge in [0.2, 0.25) is 5.75 Å². The maximum Gasteiger partial charge on any atom is 0.203 e. The number of hydrogen-bond acceptors (Lipinski definition) is 5. The minimum absolute atomic E-state index is 0.292. The third-order valence-electron chi connectivity index (χ3n) is 4.38. The average Bonchev–Trinajstić information content (AvgIpc) is 3.10. The van der Waals surface area contributed by atoms with Crippen LogP contribution in [0.4, 0.5) is 0 Å². The standard InChI is InChI=1S/C21H31N3O3S/c1-14(13-17-9-7-15(2)28-17)24-21(22-3)23-12-11-16-8-10-18(25-4)20(27-6)19(16)26-5/h7-10,14H,11-13H2,1-6H3,(H2,22,23,24). The maximum absolute atomic E-state index is 5.55. The first-order valence-corrected chi connectivity index (χ1v) is 10.1. The predicted molar refractivity (Wildman–Crippen MR) is 117 cm³/mol. The molecule has 154 valence electrons. The highest BCUT2D eigenvalue weighted by Gasteiger charge is 2.15. The number of benzene rings is 1. The summed E-state index contributed by atoms with van der Waals surface area (Å²) in [4.78, 5) is 7.05. The molecule has 1 heterocycles. The normalized spacial score (nSPS) is 12.4. The first-order valence-electron chi connectivity index (χ1n) is 9.32. The van der Waals surface area contributed by atoms with Gasteiger partial charge >= 0.3 is 0 Å². The van der Waals surface area contributed by atoms with Crippen LogP contribution in [0.5, 0.6) is 17.2 Å². The van der Waals surface area contributed by atoms with Gasteiger partial charge in [0.1, 0.15) is 0 Å². The van der Waals surface area contributed by atoms with Gasteiger partial charge < -0.3 is 24.8 Å². The molecule has 2 aromatic rings. The number of aliphatic imine (C=N–C) groups is 1. The molecule has 0 aliphatic rings. The molecule has 2 N–H and O–H groups in total. The number of hydrogen-bond donors (Lipinski definition) is 2. The van der Waals surface area contributed by atoms with Crippen molar-refractivity contribution in [2.24, 2.45) is 4.99 Å². The van der Waals surface area contributed by atoms with Crippen molar-refractivity contribution in [2.75, 3.05) is 34.9 Å². The van der Waals surface area contributed by atoms with E-state index in [2.05, 4.69) is 41.6 Å². The van der Waals surface area contributed by atoms with E-state index in [9.17, 15) is 0 Å². The molecule has 1 aromatic carbocycles. The van der Waals surface area contributed by atoms with Crippen molar-refractivity contribution in [3.8, 4) is 17.2 Å². The molecule has 0 saturated heterocycles. The van der Waals surface area contributed by atoms with Crippen molar-refractivity contribution in [3.63, 3.8) is 0 Å². The van der Waals surface area contributed by atoms with Gasteiger partial charge in [0.15, 0.2) is 17.5 Å². The molecule has 6 nitrogen and oxygen atoms in total. The molecule has 0 spiro atoms. The number of nitrogens with zero attached hydrogens (tertiary/aromatic N) is 1. The van der Waals surface area contributed by atoms with E-state index in [-0.39, 0.29) is 0 Å². The third kappa shape index (κ3) is 5.79. The second-order valence-electron chi connectivity index (χ2n) is 6.50. The van der Waals surface area contributed by atoms with E-state index < -0.39 is 0 Å². The van der Waals surface area contributed by atoms with E-state index in [0.29, 0.717) is 23.3 Å². The van der Waals surface area contributed by atoms with Crippen molar-refractivity contribution in [1.82, 2.24) is 10.6 Å². The first kappa shape index (κ1) is 21.9. The number of aryl methyl sites for hydroxylation is 1. The van der Waals surface area contributed by atoms with Gasteiger partial charge in [-0.3, -0.25) is 4.99 Å². The van der Waals surface area contributed by atoms with Gasteiger partial charge in [-0.25, -0.2) is 0 Å². The smallest absolute Gasteiger partial charge is 0.203 e. The highest BCUT2D eigenvalue weighted by atomic mass is 32.1. The third-order valence-corrected chi connectivity index (χ3v) is 5.41. The quantitative estimate of drug-likeness (QED) is 0.494. The van der Waals surface area contributed by atoms with E-state index >= 15 is 0 Å². The molecule has 0 radical (unpaired) electrons. The zero-order valence-corrected chi connectivity index (χ0v) is 18.4. The summed E-state index contributed by atoms with van der Waals surface area (Å²) in [5.41, 5.74) is 1.05. The highest BCUT2D eigenvalue weighted by molar-refractivity contribution is 7.11. The van der Waals surface area contributed by atoms with Crippen LogP contribution in [0.25, 0.3) is 0 Å². The molecule has 0 amide bonds. The zero-order chi connectivity index (χ0) is 20.5. The molecule has 2 rings (SSSR count). The second-order valence-corrected chi connectivity index (χ2v) is 7.88. The Labute approximate surface area is 171 Å². The van der Waals surface area contributed by atoms with Crippen LogP contribution in [-0.4, -0.2) is 46.9 Å². The van der Waals surface area contributed by atoms with Crippen LogP contribution in [0.15, 0.2) is 29.3 Å². The Morgan fingerprint density at radius 1 is 1.07 bits per heavy atom. The van der Waals surface area contributed by atoms with Crippen molar-refractivity contribution in [1.29, 1.82) is 0 Å². The van der Waals surface area contributed by atoms with Crippen molar-refractivity contribution in [2.45, 2.75) is 32.7 Å². The molecular weight excluding hydrogens is 374 g/mol. The summed E-state index contributed by atoms with van der Waals surface area (Å²) in [7, 11) is 6.66. The van der Waals surface area contributed by atoms with Gasteiger partial charge in [-0.2, -0.15) is 0 Å². The van der Waals surface area contributed by atoms with Crippen LogP contribution >= 0.6 is 11.3 Å². The summed E-state index contributed by atoms with van der Waals surface area (Å²) in [6.45, 7) is 5.02. The lowest BCUT2D eigenvalue weighted by Gasteiger charge is -2.19. The lowest BCUT2D eigenvalue weighted by molar-refractivity contribution is 0.322. The lowest BCUT2D eigenvalue weighted by Crippen LogP contribution is -2.43. The minimum Gasteiger partial charge on any atom is -0.493 e. The number of methoxy groups -OCH3 is 3. The fourth-order valence-electron chi connectivity index (χ4n) is 3.05.